The first-order valence-corrected chi connectivity index (χ1v) is 13.9. The zero-order valence-electron chi connectivity index (χ0n) is 20.9. The van der Waals surface area contributed by atoms with E-state index >= 15 is 0 Å². The molecule has 0 bridgehead atoms. The molecule has 0 N–H and O–H groups in total. The molecular formula is C29H35N2O3Si. The molecule has 0 saturated heterocycles. The average molecular weight is 488 g/mol. The first-order valence-electron chi connectivity index (χ1n) is 12.5. The predicted octanol–water partition coefficient (Wildman–Crippen LogP) is 4.34. The number of carbonyl (C=O) groups excluding carboxylic acids is 1. The summed E-state index contributed by atoms with van der Waals surface area (Å²) in [4.78, 5) is 20.0. The SMILES string of the molecule is CC(C)(C)c1ccc([Si](OCc2ccnc(C3CCC(OCC=O)CC3)n2)c2ccccc2)cc1. The van der Waals surface area contributed by atoms with E-state index in [1.807, 2.05) is 18.3 Å². The van der Waals surface area contributed by atoms with E-state index in [2.05, 4.69) is 74.3 Å². The lowest BCUT2D eigenvalue weighted by Gasteiger charge is -2.27. The van der Waals surface area contributed by atoms with E-state index in [0.717, 1.165) is 43.5 Å². The highest BCUT2D eigenvalue weighted by Gasteiger charge is 2.25. The van der Waals surface area contributed by atoms with Crippen LogP contribution in [0, 0.1) is 0 Å². The van der Waals surface area contributed by atoms with Gasteiger partial charge in [-0.05, 0) is 53.1 Å². The second kappa shape index (κ2) is 11.8. The summed E-state index contributed by atoms with van der Waals surface area (Å²) in [6.07, 6.45) is 6.68. The van der Waals surface area contributed by atoms with E-state index < -0.39 is 9.04 Å². The normalized spacial score (nSPS) is 18.5. The maximum Gasteiger partial charge on any atom is 0.283 e. The summed E-state index contributed by atoms with van der Waals surface area (Å²) in [5.41, 5.74) is 2.36. The molecule has 0 spiro atoms. The van der Waals surface area contributed by atoms with E-state index in [4.69, 9.17) is 14.1 Å². The molecule has 0 amide bonds. The summed E-state index contributed by atoms with van der Waals surface area (Å²) >= 11 is 0. The largest absolute Gasteiger partial charge is 0.401 e. The van der Waals surface area contributed by atoms with Gasteiger partial charge in [-0.1, -0.05) is 75.4 Å². The van der Waals surface area contributed by atoms with Crippen LogP contribution >= 0.6 is 0 Å². The standard InChI is InChI=1S/C29H35N2O3Si/c1-29(2,3)23-11-15-27(16-12-23)35(26-7-5-4-6-8-26)34-21-24-17-18-30-28(31-24)22-9-13-25(14-10-22)33-20-19-32/h4-8,11-12,15-19,22,25H,9-10,13-14,20-21H2,1-3H3. The summed E-state index contributed by atoms with van der Waals surface area (Å²) in [6, 6.07) is 21.3. The van der Waals surface area contributed by atoms with E-state index in [1.165, 1.54) is 15.9 Å². The highest BCUT2D eigenvalue weighted by Crippen LogP contribution is 2.32. The third-order valence-corrected chi connectivity index (χ3v) is 8.73. The van der Waals surface area contributed by atoms with Gasteiger partial charge >= 0.3 is 0 Å². The number of rotatable bonds is 9. The summed E-state index contributed by atoms with van der Waals surface area (Å²) < 4.78 is 12.2. The first-order chi connectivity index (χ1) is 16.9. The number of hydrogen-bond acceptors (Lipinski definition) is 5. The molecule has 1 aromatic heterocycles. The van der Waals surface area contributed by atoms with Crippen molar-refractivity contribution in [2.45, 2.75) is 70.5 Å². The molecular weight excluding hydrogens is 452 g/mol. The molecule has 1 fully saturated rings. The van der Waals surface area contributed by atoms with Crippen LogP contribution in [0.15, 0.2) is 66.9 Å². The van der Waals surface area contributed by atoms with Crippen LogP contribution < -0.4 is 10.4 Å². The van der Waals surface area contributed by atoms with E-state index in [-0.39, 0.29) is 18.1 Å². The summed E-state index contributed by atoms with van der Waals surface area (Å²) in [7, 11) is -1.42. The fourth-order valence-corrected chi connectivity index (χ4v) is 6.47. The molecule has 2 aromatic carbocycles. The number of nitrogens with zero attached hydrogens (tertiary/aromatic N) is 2. The minimum atomic E-state index is -1.42. The zero-order valence-corrected chi connectivity index (χ0v) is 21.9. The maximum atomic E-state index is 10.6. The van der Waals surface area contributed by atoms with Gasteiger partial charge < -0.3 is 14.0 Å². The van der Waals surface area contributed by atoms with Crippen molar-refractivity contribution in [3.05, 3.63) is 83.9 Å². The van der Waals surface area contributed by atoms with E-state index in [9.17, 15) is 4.79 Å². The molecule has 3 aromatic rings. The second-order valence-electron chi connectivity index (χ2n) is 10.2. The lowest BCUT2D eigenvalue weighted by molar-refractivity contribution is -0.114. The van der Waals surface area contributed by atoms with Gasteiger partial charge in [0.15, 0.2) is 0 Å². The molecule has 4 rings (SSSR count). The van der Waals surface area contributed by atoms with Gasteiger partial charge in [0.05, 0.1) is 18.4 Å². The monoisotopic (exact) mass is 487 g/mol. The Morgan fingerprint density at radius 2 is 1.63 bits per heavy atom. The Morgan fingerprint density at radius 1 is 0.943 bits per heavy atom. The van der Waals surface area contributed by atoms with Gasteiger partial charge in [-0.15, -0.1) is 0 Å². The van der Waals surface area contributed by atoms with Gasteiger partial charge in [0.25, 0.3) is 9.04 Å². The van der Waals surface area contributed by atoms with Crippen molar-refractivity contribution in [3.8, 4) is 0 Å². The molecule has 1 saturated carbocycles. The molecule has 6 heteroatoms. The van der Waals surface area contributed by atoms with Crippen LogP contribution in [0.1, 0.15) is 69.5 Å². The Bertz CT molecular complexity index is 1080. The summed E-state index contributed by atoms with van der Waals surface area (Å²) in [6.45, 7) is 7.34. The quantitative estimate of drug-likeness (QED) is 0.332. The number of benzene rings is 2. The first kappa shape index (κ1) is 25.4. The average Bonchev–Trinajstić information content (AvgIpc) is 2.88. The molecule has 1 radical (unpaired) electrons. The Morgan fingerprint density at radius 3 is 2.29 bits per heavy atom. The topological polar surface area (TPSA) is 61.3 Å². The molecule has 5 nitrogen and oxygen atoms in total. The van der Waals surface area contributed by atoms with Crippen LogP contribution in [0.4, 0.5) is 0 Å². The predicted molar refractivity (Wildman–Crippen MR) is 140 cm³/mol. The molecule has 35 heavy (non-hydrogen) atoms. The van der Waals surface area contributed by atoms with Gasteiger partial charge in [0.1, 0.15) is 18.7 Å². The number of ether oxygens (including phenoxy) is 1. The molecule has 0 unspecified atom stereocenters. The fourth-order valence-electron chi connectivity index (χ4n) is 4.54. The molecule has 183 valence electrons. The van der Waals surface area contributed by atoms with E-state index in [0.29, 0.717) is 12.5 Å². The Labute approximate surface area is 210 Å². The molecule has 0 aliphatic heterocycles. The number of hydrogen-bond donors (Lipinski definition) is 0. The van der Waals surface area contributed by atoms with Crippen molar-refractivity contribution in [1.29, 1.82) is 0 Å². The second-order valence-corrected chi connectivity index (χ2v) is 12.3. The lowest BCUT2D eigenvalue weighted by atomic mass is 9.87. The minimum absolute atomic E-state index is 0.121. The third-order valence-electron chi connectivity index (χ3n) is 6.58. The van der Waals surface area contributed by atoms with E-state index in [1.54, 1.807) is 0 Å². The van der Waals surface area contributed by atoms with Crippen LogP contribution in [-0.4, -0.2) is 38.0 Å². The molecule has 1 heterocycles. The van der Waals surface area contributed by atoms with Crippen molar-refractivity contribution in [2.75, 3.05) is 6.61 Å². The fraction of sp³-hybridized carbons (Fsp3) is 0.414. The van der Waals surface area contributed by atoms with Crippen LogP contribution in [0.2, 0.25) is 0 Å². The number of aromatic nitrogens is 2. The summed E-state index contributed by atoms with van der Waals surface area (Å²) in [5, 5.41) is 2.46. The molecule has 1 aliphatic rings. The van der Waals surface area contributed by atoms with Crippen molar-refractivity contribution in [1.82, 2.24) is 9.97 Å². The maximum absolute atomic E-state index is 10.6. The van der Waals surface area contributed by atoms with Crippen LogP contribution in [0.5, 0.6) is 0 Å². The van der Waals surface area contributed by atoms with Crippen molar-refractivity contribution >= 4 is 25.7 Å². The van der Waals surface area contributed by atoms with Gasteiger partial charge in [0, 0.05) is 12.1 Å². The van der Waals surface area contributed by atoms with Gasteiger partial charge in [-0.25, -0.2) is 9.97 Å². The highest BCUT2D eigenvalue weighted by atomic mass is 28.3. The third kappa shape index (κ3) is 6.94. The smallest absolute Gasteiger partial charge is 0.283 e. The highest BCUT2D eigenvalue weighted by molar-refractivity contribution is 6.80. The van der Waals surface area contributed by atoms with Crippen molar-refractivity contribution in [2.24, 2.45) is 0 Å². The number of carbonyl (C=O) groups is 1. The van der Waals surface area contributed by atoms with Gasteiger partial charge in [-0.2, -0.15) is 0 Å². The Balaban J connectivity index is 1.45. The van der Waals surface area contributed by atoms with Crippen LogP contribution in [-0.2, 0) is 26.0 Å². The summed E-state index contributed by atoms with van der Waals surface area (Å²) in [5.74, 6) is 1.22. The molecule has 1 aliphatic carbocycles. The van der Waals surface area contributed by atoms with Gasteiger partial charge in [0.2, 0.25) is 0 Å². The van der Waals surface area contributed by atoms with Crippen LogP contribution in [0.25, 0.3) is 0 Å². The Hall–Kier alpha value is -2.67. The number of aldehydes is 1. The van der Waals surface area contributed by atoms with Crippen LogP contribution in [0.3, 0.4) is 0 Å². The van der Waals surface area contributed by atoms with Crippen molar-refractivity contribution < 1.29 is 14.0 Å². The molecule has 0 atom stereocenters. The minimum Gasteiger partial charge on any atom is -0.401 e. The zero-order chi connectivity index (χ0) is 24.7. The lowest BCUT2D eigenvalue weighted by Crippen LogP contribution is -2.45. The Kier molecular flexibility index (Phi) is 8.60. The van der Waals surface area contributed by atoms with Gasteiger partial charge in [-0.3, -0.25) is 0 Å². The van der Waals surface area contributed by atoms with Crippen molar-refractivity contribution in [3.63, 3.8) is 0 Å².